The summed E-state index contributed by atoms with van der Waals surface area (Å²) in [5, 5.41) is 0. The van der Waals surface area contributed by atoms with E-state index < -0.39 is 0 Å². The van der Waals surface area contributed by atoms with Gasteiger partial charge in [-0.2, -0.15) is 0 Å². The number of rotatable bonds is 4. The Morgan fingerprint density at radius 2 is 1.59 bits per heavy atom. The van der Waals surface area contributed by atoms with Crippen molar-refractivity contribution < 1.29 is 9.59 Å². The van der Waals surface area contributed by atoms with Gasteiger partial charge in [-0.3, -0.25) is 9.59 Å². The van der Waals surface area contributed by atoms with E-state index in [4.69, 9.17) is 0 Å². The van der Waals surface area contributed by atoms with Gasteiger partial charge in [0.05, 0.1) is 11.3 Å². The standard InChI is InChI=1S/C28H26N2O2/c1-4-20-10-13-23(14-11-20)30-27(31)25(22-12-9-18(2)19(3)17-22)26(28(30)32)29-16-15-21-7-5-6-8-24(21)29/h5-14,17H,4,15-16H2,1-3H3. The van der Waals surface area contributed by atoms with Crippen molar-refractivity contribution >= 4 is 28.8 Å². The summed E-state index contributed by atoms with van der Waals surface area (Å²) < 4.78 is 0. The van der Waals surface area contributed by atoms with Crippen LogP contribution in [0.25, 0.3) is 5.57 Å². The molecule has 0 radical (unpaired) electrons. The molecule has 2 amide bonds. The lowest BCUT2D eigenvalue weighted by atomic mass is 9.99. The molecular formula is C28H26N2O2. The molecule has 0 saturated carbocycles. The Bertz CT molecular complexity index is 1270. The van der Waals surface area contributed by atoms with Crippen molar-refractivity contribution in [3.8, 4) is 0 Å². The highest BCUT2D eigenvalue weighted by atomic mass is 16.2. The third-order valence-corrected chi connectivity index (χ3v) is 6.61. The van der Waals surface area contributed by atoms with Crippen LogP contribution < -0.4 is 9.80 Å². The first-order valence-corrected chi connectivity index (χ1v) is 11.1. The second-order valence-electron chi connectivity index (χ2n) is 8.52. The van der Waals surface area contributed by atoms with E-state index in [1.54, 1.807) is 0 Å². The number of carbonyl (C=O) groups excluding carboxylic acids is 2. The van der Waals surface area contributed by atoms with Crippen molar-refractivity contribution in [3.05, 3.63) is 100 Å². The van der Waals surface area contributed by atoms with Crippen molar-refractivity contribution in [2.45, 2.75) is 33.6 Å². The number of hydrogen-bond donors (Lipinski definition) is 0. The minimum atomic E-state index is -0.262. The Balaban J connectivity index is 1.67. The van der Waals surface area contributed by atoms with Crippen LogP contribution in [0.1, 0.15) is 34.7 Å². The van der Waals surface area contributed by atoms with Crippen LogP contribution in [0, 0.1) is 13.8 Å². The molecule has 32 heavy (non-hydrogen) atoms. The first kappa shape index (κ1) is 20.3. The lowest BCUT2D eigenvalue weighted by Gasteiger charge is -2.22. The summed E-state index contributed by atoms with van der Waals surface area (Å²) in [5.74, 6) is -0.522. The molecule has 0 spiro atoms. The van der Waals surface area contributed by atoms with Crippen molar-refractivity contribution in [2.75, 3.05) is 16.3 Å². The number of imide groups is 1. The van der Waals surface area contributed by atoms with E-state index in [1.807, 2.05) is 79.4 Å². The molecule has 160 valence electrons. The Labute approximate surface area is 188 Å². The first-order valence-electron chi connectivity index (χ1n) is 11.1. The SMILES string of the molecule is CCc1ccc(N2C(=O)C(c3ccc(C)c(C)c3)=C(N3CCc4ccccc43)C2=O)cc1. The van der Waals surface area contributed by atoms with Crippen LogP contribution in [0.2, 0.25) is 0 Å². The second kappa shape index (κ2) is 7.79. The summed E-state index contributed by atoms with van der Waals surface area (Å²) in [5.41, 5.74) is 7.99. The molecule has 4 nitrogen and oxygen atoms in total. The number of amides is 2. The Kier molecular flexibility index (Phi) is 4.93. The normalized spacial score (nSPS) is 15.7. The fourth-order valence-electron chi connectivity index (χ4n) is 4.61. The lowest BCUT2D eigenvalue weighted by Crippen LogP contribution is -2.34. The summed E-state index contributed by atoms with van der Waals surface area (Å²) in [6.07, 6.45) is 1.76. The molecule has 2 aliphatic heterocycles. The number of nitrogens with zero attached hydrogens (tertiary/aromatic N) is 2. The monoisotopic (exact) mass is 422 g/mol. The van der Waals surface area contributed by atoms with E-state index in [-0.39, 0.29) is 11.8 Å². The fraction of sp³-hybridized carbons (Fsp3) is 0.214. The van der Waals surface area contributed by atoms with E-state index in [0.29, 0.717) is 23.5 Å². The fourth-order valence-corrected chi connectivity index (χ4v) is 4.61. The Hall–Kier alpha value is -3.66. The van der Waals surface area contributed by atoms with Gasteiger partial charge in [-0.15, -0.1) is 0 Å². The van der Waals surface area contributed by atoms with Crippen LogP contribution in [0.4, 0.5) is 11.4 Å². The molecule has 0 N–H and O–H groups in total. The van der Waals surface area contributed by atoms with Crippen LogP contribution in [0.3, 0.4) is 0 Å². The maximum absolute atomic E-state index is 13.8. The number of benzene rings is 3. The quantitative estimate of drug-likeness (QED) is 0.542. The third-order valence-electron chi connectivity index (χ3n) is 6.61. The van der Waals surface area contributed by atoms with Crippen LogP contribution in [0.15, 0.2) is 72.4 Å². The number of fused-ring (bicyclic) bond motifs is 1. The zero-order valence-electron chi connectivity index (χ0n) is 18.7. The van der Waals surface area contributed by atoms with E-state index in [9.17, 15) is 9.59 Å². The van der Waals surface area contributed by atoms with Crippen molar-refractivity contribution in [1.29, 1.82) is 0 Å². The van der Waals surface area contributed by atoms with Crippen LogP contribution in [-0.2, 0) is 22.4 Å². The molecule has 0 atom stereocenters. The van der Waals surface area contributed by atoms with E-state index in [2.05, 4.69) is 13.0 Å². The molecule has 3 aromatic rings. The minimum Gasteiger partial charge on any atom is -0.336 e. The largest absolute Gasteiger partial charge is 0.336 e. The zero-order valence-corrected chi connectivity index (χ0v) is 18.7. The highest BCUT2D eigenvalue weighted by molar-refractivity contribution is 6.46. The summed E-state index contributed by atoms with van der Waals surface area (Å²) in [6.45, 7) is 6.86. The highest BCUT2D eigenvalue weighted by Crippen LogP contribution is 2.40. The summed E-state index contributed by atoms with van der Waals surface area (Å²) in [4.78, 5) is 30.9. The Morgan fingerprint density at radius 1 is 0.844 bits per heavy atom. The zero-order chi connectivity index (χ0) is 22.4. The molecule has 0 fully saturated rings. The molecule has 4 heteroatoms. The van der Waals surface area contributed by atoms with Crippen molar-refractivity contribution in [3.63, 3.8) is 0 Å². The molecule has 0 bridgehead atoms. The van der Waals surface area contributed by atoms with E-state index in [0.717, 1.165) is 35.2 Å². The van der Waals surface area contributed by atoms with Gasteiger partial charge in [0.25, 0.3) is 11.8 Å². The molecule has 0 unspecified atom stereocenters. The molecule has 3 aromatic carbocycles. The number of aryl methyl sites for hydroxylation is 3. The van der Waals surface area contributed by atoms with E-state index in [1.165, 1.54) is 16.0 Å². The van der Waals surface area contributed by atoms with Gasteiger partial charge in [0, 0.05) is 12.2 Å². The topological polar surface area (TPSA) is 40.6 Å². The number of carbonyl (C=O) groups is 2. The molecule has 5 rings (SSSR count). The van der Waals surface area contributed by atoms with Gasteiger partial charge >= 0.3 is 0 Å². The van der Waals surface area contributed by atoms with E-state index >= 15 is 0 Å². The predicted molar refractivity (Wildman–Crippen MR) is 129 cm³/mol. The van der Waals surface area contributed by atoms with Gasteiger partial charge < -0.3 is 4.90 Å². The molecular weight excluding hydrogens is 396 g/mol. The molecule has 0 aliphatic carbocycles. The predicted octanol–water partition coefficient (Wildman–Crippen LogP) is 5.21. The van der Waals surface area contributed by atoms with Crippen molar-refractivity contribution in [2.24, 2.45) is 0 Å². The maximum atomic E-state index is 13.8. The average molecular weight is 423 g/mol. The molecule has 0 aromatic heterocycles. The van der Waals surface area contributed by atoms with Crippen LogP contribution in [-0.4, -0.2) is 18.4 Å². The van der Waals surface area contributed by atoms with Gasteiger partial charge in [0.2, 0.25) is 0 Å². The molecule has 2 aliphatic rings. The third kappa shape index (κ3) is 3.14. The summed E-state index contributed by atoms with van der Waals surface area (Å²) in [6, 6.07) is 21.8. The van der Waals surface area contributed by atoms with Crippen LogP contribution >= 0.6 is 0 Å². The molecule has 0 saturated heterocycles. The number of hydrogen-bond acceptors (Lipinski definition) is 3. The minimum absolute atomic E-state index is 0.260. The van der Waals surface area contributed by atoms with Gasteiger partial charge in [0.15, 0.2) is 0 Å². The molecule has 2 heterocycles. The summed E-state index contributed by atoms with van der Waals surface area (Å²) >= 11 is 0. The van der Waals surface area contributed by atoms with Gasteiger partial charge in [-0.25, -0.2) is 4.90 Å². The van der Waals surface area contributed by atoms with Gasteiger partial charge in [0.1, 0.15) is 5.70 Å². The van der Waals surface area contributed by atoms with Crippen LogP contribution in [0.5, 0.6) is 0 Å². The van der Waals surface area contributed by atoms with Crippen molar-refractivity contribution in [1.82, 2.24) is 0 Å². The summed E-state index contributed by atoms with van der Waals surface area (Å²) in [7, 11) is 0. The van der Waals surface area contributed by atoms with Gasteiger partial charge in [-0.1, -0.05) is 55.5 Å². The maximum Gasteiger partial charge on any atom is 0.282 e. The number of anilines is 2. The van der Waals surface area contributed by atoms with Gasteiger partial charge in [-0.05, 0) is 72.7 Å². The first-order chi connectivity index (χ1) is 15.5. The number of para-hydroxylation sites is 1. The Morgan fingerprint density at radius 3 is 2.31 bits per heavy atom. The second-order valence-corrected chi connectivity index (χ2v) is 8.52. The highest BCUT2D eigenvalue weighted by Gasteiger charge is 2.44. The average Bonchev–Trinajstić information content (AvgIpc) is 3.34. The lowest BCUT2D eigenvalue weighted by molar-refractivity contribution is -0.120. The smallest absolute Gasteiger partial charge is 0.282 e.